The molecule has 37 heavy (non-hydrogen) atoms. The number of benzene rings is 3. The molecule has 0 saturated heterocycles. The molecular weight excluding hydrogens is 511 g/mol. The molecule has 1 aromatic heterocycles. The van der Waals surface area contributed by atoms with Crippen LogP contribution in [0, 0.1) is 0 Å². The molecule has 0 unspecified atom stereocenters. The fourth-order valence-electron chi connectivity index (χ4n) is 3.76. The first-order chi connectivity index (χ1) is 17.3. The van der Waals surface area contributed by atoms with Gasteiger partial charge in [-0.3, -0.25) is 9.52 Å². The zero-order valence-corrected chi connectivity index (χ0v) is 20.3. The van der Waals surface area contributed by atoms with Gasteiger partial charge in [0.1, 0.15) is 5.69 Å². The van der Waals surface area contributed by atoms with Gasteiger partial charge in [-0.1, -0.05) is 18.2 Å². The molecule has 0 atom stereocenters. The van der Waals surface area contributed by atoms with Crippen LogP contribution in [0.15, 0.2) is 66.7 Å². The lowest BCUT2D eigenvalue weighted by Crippen LogP contribution is -2.12. The van der Waals surface area contributed by atoms with E-state index in [1.54, 1.807) is 18.2 Å². The number of ether oxygens (including phenoxy) is 1. The molecule has 0 saturated carbocycles. The molecule has 0 bridgehead atoms. The zero-order chi connectivity index (χ0) is 27.0. The van der Waals surface area contributed by atoms with Crippen LogP contribution in [0.1, 0.15) is 26.4 Å². The van der Waals surface area contributed by atoms with E-state index in [0.717, 1.165) is 31.6 Å². The number of sulfonamides is 1. The molecule has 0 aliphatic heterocycles. The molecular formula is C25H20F3N3O5S. The Morgan fingerprint density at radius 1 is 0.946 bits per heavy atom. The number of methoxy groups -OCH3 is 1. The molecule has 4 rings (SSSR count). The Balaban J connectivity index is 1.64. The largest absolute Gasteiger partial charge is 0.465 e. The van der Waals surface area contributed by atoms with Crippen molar-refractivity contribution in [1.82, 2.24) is 4.98 Å². The Hall–Kier alpha value is -4.32. The third kappa shape index (κ3) is 5.92. The molecule has 0 fully saturated rings. The number of fused-ring (bicyclic) bond motifs is 1. The van der Waals surface area contributed by atoms with Crippen LogP contribution in [0.5, 0.6) is 0 Å². The summed E-state index contributed by atoms with van der Waals surface area (Å²) in [5, 5.41) is 3.28. The molecule has 0 aliphatic rings. The normalized spacial score (nSPS) is 11.8. The predicted molar refractivity (Wildman–Crippen MR) is 133 cm³/mol. The van der Waals surface area contributed by atoms with Gasteiger partial charge in [0, 0.05) is 16.6 Å². The van der Waals surface area contributed by atoms with Gasteiger partial charge in [-0.2, -0.15) is 13.2 Å². The fourth-order valence-corrected chi connectivity index (χ4v) is 4.32. The maximum Gasteiger partial charge on any atom is 0.417 e. The van der Waals surface area contributed by atoms with Crippen molar-refractivity contribution in [3.05, 3.63) is 83.6 Å². The number of carbonyl (C=O) groups is 2. The Morgan fingerprint density at radius 3 is 2.38 bits per heavy atom. The minimum absolute atomic E-state index is 0.0530. The quantitative estimate of drug-likeness (QED) is 0.293. The molecule has 0 radical (unpaired) electrons. The van der Waals surface area contributed by atoms with Gasteiger partial charge in [0.15, 0.2) is 0 Å². The van der Waals surface area contributed by atoms with E-state index < -0.39 is 33.6 Å². The van der Waals surface area contributed by atoms with Gasteiger partial charge >= 0.3 is 12.1 Å². The SMILES string of the molecule is COC(=O)c1ccc(C(F)(F)F)c(-c2cccc(NC(=O)c3cc4ccc(NS(C)(=O)=O)cc4[nH]3)c2)c1. The summed E-state index contributed by atoms with van der Waals surface area (Å²) in [4.78, 5) is 27.6. The first-order valence-corrected chi connectivity index (χ1v) is 12.5. The number of esters is 1. The van der Waals surface area contributed by atoms with E-state index >= 15 is 0 Å². The number of anilines is 2. The van der Waals surface area contributed by atoms with Crippen molar-refractivity contribution >= 4 is 44.2 Å². The molecule has 3 aromatic carbocycles. The van der Waals surface area contributed by atoms with Crippen LogP contribution in [0.2, 0.25) is 0 Å². The maximum atomic E-state index is 13.7. The van der Waals surface area contributed by atoms with Crippen molar-refractivity contribution in [1.29, 1.82) is 0 Å². The predicted octanol–water partition coefficient (Wildman–Crippen LogP) is 5.26. The van der Waals surface area contributed by atoms with Gasteiger partial charge in [-0.05, 0) is 59.7 Å². The summed E-state index contributed by atoms with van der Waals surface area (Å²) in [6.45, 7) is 0. The summed E-state index contributed by atoms with van der Waals surface area (Å²) in [6.07, 6.45) is -3.67. The maximum absolute atomic E-state index is 13.7. The molecule has 8 nitrogen and oxygen atoms in total. The lowest BCUT2D eigenvalue weighted by atomic mass is 9.96. The number of nitrogens with one attached hydrogen (secondary N) is 3. The highest BCUT2D eigenvalue weighted by atomic mass is 32.2. The second kappa shape index (κ2) is 9.62. The number of aromatic amines is 1. The van der Waals surface area contributed by atoms with Crippen molar-refractivity contribution in [3.63, 3.8) is 0 Å². The lowest BCUT2D eigenvalue weighted by molar-refractivity contribution is -0.137. The average molecular weight is 532 g/mol. The molecule has 3 N–H and O–H groups in total. The molecule has 0 aliphatic carbocycles. The molecule has 192 valence electrons. The summed E-state index contributed by atoms with van der Waals surface area (Å²) < 4.78 is 70.9. The Labute approximate surface area is 209 Å². The molecule has 4 aromatic rings. The summed E-state index contributed by atoms with van der Waals surface area (Å²) in [5.41, 5.74) is 0.0680. The smallest absolute Gasteiger partial charge is 0.417 e. The third-order valence-electron chi connectivity index (χ3n) is 5.35. The number of hydrogen-bond acceptors (Lipinski definition) is 5. The van der Waals surface area contributed by atoms with Crippen molar-refractivity contribution in [2.75, 3.05) is 23.4 Å². The fraction of sp³-hybridized carbons (Fsp3) is 0.120. The number of H-pyrrole nitrogens is 1. The van der Waals surface area contributed by atoms with Crippen LogP contribution in [0.4, 0.5) is 24.5 Å². The molecule has 1 amide bonds. The van der Waals surface area contributed by atoms with Crippen molar-refractivity contribution in [2.45, 2.75) is 6.18 Å². The van der Waals surface area contributed by atoms with Crippen LogP contribution in [0.25, 0.3) is 22.0 Å². The van der Waals surface area contributed by atoms with E-state index in [9.17, 15) is 31.2 Å². The summed E-state index contributed by atoms with van der Waals surface area (Å²) in [5.74, 6) is -1.35. The average Bonchev–Trinajstić information content (AvgIpc) is 3.25. The van der Waals surface area contributed by atoms with Crippen LogP contribution in [-0.2, 0) is 20.9 Å². The minimum Gasteiger partial charge on any atom is -0.465 e. The monoisotopic (exact) mass is 531 g/mol. The number of carbonyl (C=O) groups excluding carboxylic acids is 2. The topological polar surface area (TPSA) is 117 Å². The van der Waals surface area contributed by atoms with Gasteiger partial charge in [0.25, 0.3) is 5.91 Å². The van der Waals surface area contributed by atoms with Crippen molar-refractivity contribution in [2.24, 2.45) is 0 Å². The Bertz CT molecular complexity index is 1630. The third-order valence-corrected chi connectivity index (χ3v) is 5.95. The first kappa shape index (κ1) is 25.8. The van der Waals surface area contributed by atoms with Crippen LogP contribution in [0.3, 0.4) is 0 Å². The summed E-state index contributed by atoms with van der Waals surface area (Å²) >= 11 is 0. The van der Waals surface area contributed by atoms with E-state index in [1.807, 2.05) is 0 Å². The zero-order valence-electron chi connectivity index (χ0n) is 19.4. The van der Waals surface area contributed by atoms with Crippen LogP contribution >= 0.6 is 0 Å². The molecule has 12 heteroatoms. The van der Waals surface area contributed by atoms with E-state index in [1.165, 1.54) is 30.3 Å². The minimum atomic E-state index is -4.68. The number of rotatable bonds is 6. The molecule has 1 heterocycles. The Kier molecular flexibility index (Phi) is 6.70. The van der Waals surface area contributed by atoms with E-state index in [-0.39, 0.29) is 28.1 Å². The number of aromatic nitrogens is 1. The van der Waals surface area contributed by atoms with Gasteiger partial charge in [0.2, 0.25) is 10.0 Å². The van der Waals surface area contributed by atoms with E-state index in [0.29, 0.717) is 16.6 Å². The highest BCUT2D eigenvalue weighted by Crippen LogP contribution is 2.38. The Morgan fingerprint density at radius 2 is 1.70 bits per heavy atom. The summed E-state index contributed by atoms with van der Waals surface area (Å²) in [6, 6.07) is 15.0. The lowest BCUT2D eigenvalue weighted by Gasteiger charge is -2.15. The van der Waals surface area contributed by atoms with Crippen molar-refractivity contribution < 1.29 is 35.9 Å². The van der Waals surface area contributed by atoms with Gasteiger partial charge in [-0.15, -0.1) is 0 Å². The number of alkyl halides is 3. The van der Waals surface area contributed by atoms with Crippen LogP contribution < -0.4 is 10.0 Å². The van der Waals surface area contributed by atoms with Gasteiger partial charge < -0.3 is 15.0 Å². The van der Waals surface area contributed by atoms with Gasteiger partial charge in [-0.25, -0.2) is 13.2 Å². The van der Waals surface area contributed by atoms with Crippen LogP contribution in [-0.4, -0.2) is 38.6 Å². The number of hydrogen-bond donors (Lipinski definition) is 3. The second-order valence-electron chi connectivity index (χ2n) is 8.14. The van der Waals surface area contributed by atoms with E-state index in [4.69, 9.17) is 0 Å². The second-order valence-corrected chi connectivity index (χ2v) is 9.89. The van der Waals surface area contributed by atoms with E-state index in [2.05, 4.69) is 19.8 Å². The molecule has 0 spiro atoms. The summed E-state index contributed by atoms with van der Waals surface area (Å²) in [7, 11) is -2.36. The number of halogens is 3. The standard InChI is InChI=1S/C25H20F3N3O5S/c1-36-24(33)16-7-9-20(25(26,27)28)19(11-16)14-4-3-5-17(10-14)29-23(32)22-12-15-6-8-18(13-21(15)30-22)31-37(2,34)35/h3-13,30-31H,1-2H3,(H,29,32). The highest BCUT2D eigenvalue weighted by molar-refractivity contribution is 7.92. The first-order valence-electron chi connectivity index (χ1n) is 10.7. The number of amides is 1. The van der Waals surface area contributed by atoms with Crippen molar-refractivity contribution in [3.8, 4) is 11.1 Å². The highest BCUT2D eigenvalue weighted by Gasteiger charge is 2.34. The van der Waals surface area contributed by atoms with Gasteiger partial charge in [0.05, 0.1) is 30.2 Å².